The molecule has 1 aromatic rings. The minimum Gasteiger partial charge on any atom is -0.352 e. The molecule has 0 amide bonds. The van der Waals surface area contributed by atoms with Gasteiger partial charge in [0, 0.05) is 25.0 Å². The molecule has 0 aromatic carbocycles. The van der Waals surface area contributed by atoms with Crippen LogP contribution in [0.25, 0.3) is 0 Å². The van der Waals surface area contributed by atoms with E-state index >= 15 is 0 Å². The van der Waals surface area contributed by atoms with Crippen molar-refractivity contribution in [2.75, 3.05) is 23.4 Å². The van der Waals surface area contributed by atoms with Crippen LogP contribution in [-0.4, -0.2) is 36.0 Å². The third-order valence-corrected chi connectivity index (χ3v) is 4.71. The summed E-state index contributed by atoms with van der Waals surface area (Å²) in [7, 11) is -2.81. The van der Waals surface area contributed by atoms with Crippen molar-refractivity contribution < 1.29 is 8.42 Å². The monoisotopic (exact) mass is 255 g/mol. The second kappa shape index (κ2) is 4.91. The van der Waals surface area contributed by atoms with E-state index in [-0.39, 0.29) is 17.5 Å². The van der Waals surface area contributed by atoms with E-state index in [2.05, 4.69) is 16.9 Å². The van der Waals surface area contributed by atoms with Crippen LogP contribution in [0, 0.1) is 0 Å². The lowest BCUT2D eigenvalue weighted by molar-refractivity contribution is 0.453. The highest BCUT2D eigenvalue weighted by Crippen LogP contribution is 2.26. The summed E-state index contributed by atoms with van der Waals surface area (Å²) in [6.45, 7) is 4.30. The summed E-state index contributed by atoms with van der Waals surface area (Å²) in [6, 6.07) is 0.230. The summed E-state index contributed by atoms with van der Waals surface area (Å²) < 4.78 is 24.8. The van der Waals surface area contributed by atoms with E-state index in [1.165, 1.54) is 0 Å². The Balaban J connectivity index is 2.07. The van der Waals surface area contributed by atoms with Crippen LogP contribution in [0.2, 0.25) is 0 Å². The standard InChI is InChI=1S/C11H17N3O2S/c1-2-5-12-11-13-6-7-14(11)10-3-8-17(15,16)9-4-10/h2,6-7,10H,1,3-5,8-9H2,(H,12,13). The van der Waals surface area contributed by atoms with E-state index < -0.39 is 9.84 Å². The fourth-order valence-electron chi connectivity index (χ4n) is 2.06. The lowest BCUT2D eigenvalue weighted by Gasteiger charge is -2.24. The molecule has 0 bridgehead atoms. The van der Waals surface area contributed by atoms with E-state index in [0.29, 0.717) is 19.4 Å². The third-order valence-electron chi connectivity index (χ3n) is 2.99. The van der Waals surface area contributed by atoms with Crippen molar-refractivity contribution in [3.8, 4) is 0 Å². The van der Waals surface area contributed by atoms with Crippen molar-refractivity contribution in [2.24, 2.45) is 0 Å². The highest BCUT2D eigenvalue weighted by atomic mass is 32.2. The molecule has 6 heteroatoms. The molecule has 1 aromatic heterocycles. The van der Waals surface area contributed by atoms with E-state index in [1.807, 2.05) is 10.8 Å². The zero-order valence-electron chi connectivity index (χ0n) is 9.67. The van der Waals surface area contributed by atoms with Crippen LogP contribution in [0.4, 0.5) is 5.95 Å². The van der Waals surface area contributed by atoms with E-state index in [0.717, 1.165) is 5.95 Å². The minimum atomic E-state index is -2.81. The second-order valence-electron chi connectivity index (χ2n) is 4.21. The van der Waals surface area contributed by atoms with E-state index in [9.17, 15) is 8.42 Å². The highest BCUT2D eigenvalue weighted by Gasteiger charge is 2.25. The number of rotatable bonds is 4. The molecule has 1 fully saturated rings. The third kappa shape index (κ3) is 2.88. The maximum absolute atomic E-state index is 11.4. The molecule has 0 spiro atoms. The molecule has 5 nitrogen and oxygen atoms in total. The summed E-state index contributed by atoms with van der Waals surface area (Å²) in [4.78, 5) is 4.22. The molecule has 0 aliphatic carbocycles. The minimum absolute atomic E-state index is 0.230. The Bertz CT molecular complexity index is 479. The lowest BCUT2D eigenvalue weighted by Crippen LogP contribution is -2.26. The molecule has 1 saturated heterocycles. The molecule has 1 aliphatic rings. The zero-order chi connectivity index (χ0) is 12.3. The topological polar surface area (TPSA) is 64.0 Å². The van der Waals surface area contributed by atoms with Crippen LogP contribution in [-0.2, 0) is 9.84 Å². The summed E-state index contributed by atoms with van der Waals surface area (Å²) >= 11 is 0. The lowest BCUT2D eigenvalue weighted by atomic mass is 10.1. The van der Waals surface area contributed by atoms with Crippen molar-refractivity contribution >= 4 is 15.8 Å². The van der Waals surface area contributed by atoms with Crippen LogP contribution < -0.4 is 5.32 Å². The largest absolute Gasteiger partial charge is 0.352 e. The SMILES string of the molecule is C=CCNc1nccn1C1CCS(=O)(=O)CC1. The fraction of sp³-hybridized carbons (Fsp3) is 0.545. The van der Waals surface area contributed by atoms with Gasteiger partial charge in [-0.25, -0.2) is 13.4 Å². The van der Waals surface area contributed by atoms with Gasteiger partial charge in [0.1, 0.15) is 9.84 Å². The molecule has 2 rings (SSSR count). The zero-order valence-corrected chi connectivity index (χ0v) is 10.5. The van der Waals surface area contributed by atoms with E-state index in [1.54, 1.807) is 12.3 Å². The predicted octanol–water partition coefficient (Wildman–Crippen LogP) is 1.23. The number of nitrogens with one attached hydrogen (secondary N) is 1. The van der Waals surface area contributed by atoms with Crippen molar-refractivity contribution in [2.45, 2.75) is 18.9 Å². The number of hydrogen-bond donors (Lipinski definition) is 1. The molecule has 94 valence electrons. The number of hydrogen-bond acceptors (Lipinski definition) is 4. The van der Waals surface area contributed by atoms with Crippen molar-refractivity contribution in [3.05, 3.63) is 25.0 Å². The highest BCUT2D eigenvalue weighted by molar-refractivity contribution is 7.91. The summed E-state index contributed by atoms with van der Waals surface area (Å²) in [5, 5.41) is 3.15. The Morgan fingerprint density at radius 2 is 2.24 bits per heavy atom. The maximum Gasteiger partial charge on any atom is 0.203 e. The molecule has 17 heavy (non-hydrogen) atoms. The molecule has 2 heterocycles. The van der Waals surface area contributed by atoms with Crippen LogP contribution in [0.3, 0.4) is 0 Å². The average Bonchev–Trinajstić information content (AvgIpc) is 2.74. The Labute approximate surface area is 101 Å². The van der Waals surface area contributed by atoms with Crippen LogP contribution >= 0.6 is 0 Å². The maximum atomic E-state index is 11.4. The molecule has 0 unspecified atom stereocenters. The first-order valence-electron chi connectivity index (χ1n) is 5.70. The Kier molecular flexibility index (Phi) is 3.51. The predicted molar refractivity (Wildman–Crippen MR) is 67.8 cm³/mol. The van der Waals surface area contributed by atoms with Crippen molar-refractivity contribution in [1.29, 1.82) is 0 Å². The van der Waals surface area contributed by atoms with Gasteiger partial charge in [0.15, 0.2) is 0 Å². The molecule has 0 atom stereocenters. The Hall–Kier alpha value is -1.30. The molecule has 1 N–H and O–H groups in total. The first-order chi connectivity index (χ1) is 8.12. The Morgan fingerprint density at radius 3 is 2.88 bits per heavy atom. The first-order valence-corrected chi connectivity index (χ1v) is 7.52. The van der Waals surface area contributed by atoms with Gasteiger partial charge >= 0.3 is 0 Å². The van der Waals surface area contributed by atoms with Crippen molar-refractivity contribution in [1.82, 2.24) is 9.55 Å². The van der Waals surface area contributed by atoms with Crippen LogP contribution in [0.5, 0.6) is 0 Å². The Morgan fingerprint density at radius 1 is 1.53 bits per heavy atom. The average molecular weight is 255 g/mol. The molecule has 0 radical (unpaired) electrons. The van der Waals surface area contributed by atoms with Crippen LogP contribution in [0.15, 0.2) is 25.0 Å². The normalized spacial score (nSPS) is 20.0. The first kappa shape index (κ1) is 12.2. The van der Waals surface area contributed by atoms with Gasteiger partial charge < -0.3 is 9.88 Å². The number of imidazole rings is 1. The second-order valence-corrected chi connectivity index (χ2v) is 6.51. The summed E-state index contributed by atoms with van der Waals surface area (Å²) in [5.74, 6) is 1.34. The van der Waals surface area contributed by atoms with Gasteiger partial charge in [-0.15, -0.1) is 6.58 Å². The number of nitrogens with zero attached hydrogens (tertiary/aromatic N) is 2. The molecular weight excluding hydrogens is 238 g/mol. The summed E-state index contributed by atoms with van der Waals surface area (Å²) in [5.41, 5.74) is 0. The van der Waals surface area contributed by atoms with Gasteiger partial charge in [-0.3, -0.25) is 0 Å². The van der Waals surface area contributed by atoms with E-state index in [4.69, 9.17) is 0 Å². The number of sulfone groups is 1. The quantitative estimate of drug-likeness (QED) is 0.822. The van der Waals surface area contributed by atoms with Gasteiger partial charge in [0.2, 0.25) is 5.95 Å². The van der Waals surface area contributed by atoms with Gasteiger partial charge in [-0.1, -0.05) is 6.08 Å². The van der Waals surface area contributed by atoms with Crippen LogP contribution in [0.1, 0.15) is 18.9 Å². The molecular formula is C11H17N3O2S. The van der Waals surface area contributed by atoms with Gasteiger partial charge in [-0.05, 0) is 12.8 Å². The molecule has 1 aliphatic heterocycles. The number of aromatic nitrogens is 2. The molecule has 0 saturated carbocycles. The van der Waals surface area contributed by atoms with Gasteiger partial charge in [0.25, 0.3) is 0 Å². The smallest absolute Gasteiger partial charge is 0.203 e. The van der Waals surface area contributed by atoms with Crippen molar-refractivity contribution in [3.63, 3.8) is 0 Å². The fourth-order valence-corrected chi connectivity index (χ4v) is 3.53. The summed E-state index contributed by atoms with van der Waals surface area (Å²) in [6.07, 6.45) is 6.73. The van der Waals surface area contributed by atoms with Gasteiger partial charge in [0.05, 0.1) is 11.5 Å². The number of anilines is 1. The van der Waals surface area contributed by atoms with Gasteiger partial charge in [-0.2, -0.15) is 0 Å².